The van der Waals surface area contributed by atoms with Crippen molar-refractivity contribution in [2.45, 2.75) is 25.8 Å². The topological polar surface area (TPSA) is 151 Å². The maximum Gasteiger partial charge on any atom is 0.273 e. The minimum absolute atomic E-state index is 0.0162. The van der Waals surface area contributed by atoms with Crippen molar-refractivity contribution in [1.29, 1.82) is 0 Å². The molecule has 0 bridgehead atoms. The number of nitrogens with one attached hydrogen (secondary N) is 3. The molecule has 3 aromatic heterocycles. The fraction of sp³-hybridized carbons (Fsp3) is 0.258. The lowest BCUT2D eigenvalue weighted by Gasteiger charge is -2.27. The van der Waals surface area contributed by atoms with E-state index in [-0.39, 0.29) is 29.2 Å². The smallest absolute Gasteiger partial charge is 0.273 e. The number of methoxy groups -OCH3 is 1. The van der Waals surface area contributed by atoms with Gasteiger partial charge in [-0.05, 0) is 43.0 Å². The maximum atomic E-state index is 13.2. The van der Waals surface area contributed by atoms with Crippen LogP contribution in [0.2, 0.25) is 0 Å². The highest BCUT2D eigenvalue weighted by Crippen LogP contribution is 2.38. The normalized spacial score (nSPS) is 14.0. The first kappa shape index (κ1) is 27.8. The van der Waals surface area contributed by atoms with Gasteiger partial charge in [0.25, 0.3) is 11.8 Å². The molecular weight excluding hydrogens is 548 g/mol. The third-order valence-corrected chi connectivity index (χ3v) is 7.48. The van der Waals surface area contributed by atoms with Gasteiger partial charge in [-0.2, -0.15) is 0 Å². The summed E-state index contributed by atoms with van der Waals surface area (Å²) >= 11 is 0. The first-order valence-electron chi connectivity index (χ1n) is 14.0. The van der Waals surface area contributed by atoms with Crippen LogP contribution in [0.5, 0.6) is 5.75 Å². The molecule has 4 aromatic rings. The molecular formula is C31H30N8O4. The number of hydrogen-bond donors (Lipinski definition) is 3. The molecule has 3 amide bonds. The highest BCUT2D eigenvalue weighted by molar-refractivity contribution is 6.00. The van der Waals surface area contributed by atoms with Crippen LogP contribution in [0.4, 0.5) is 17.2 Å². The lowest BCUT2D eigenvalue weighted by atomic mass is 10.0. The Balaban J connectivity index is 1.25. The maximum absolute atomic E-state index is 13.2. The Morgan fingerprint density at radius 2 is 1.86 bits per heavy atom. The molecule has 1 aromatic carbocycles. The molecule has 0 unspecified atom stereocenters. The third-order valence-electron chi connectivity index (χ3n) is 7.48. The lowest BCUT2D eigenvalue weighted by Crippen LogP contribution is -2.36. The number of benzene rings is 1. The number of hydrogen-bond acceptors (Lipinski definition) is 9. The molecule has 2 aliphatic rings. The Labute approximate surface area is 247 Å². The zero-order valence-electron chi connectivity index (χ0n) is 23.8. The van der Waals surface area contributed by atoms with Crippen molar-refractivity contribution in [3.8, 4) is 16.9 Å². The molecule has 3 N–H and O–H groups in total. The average molecular weight is 579 g/mol. The molecule has 12 heteroatoms. The molecule has 0 radical (unpaired) electrons. The summed E-state index contributed by atoms with van der Waals surface area (Å²) in [5.74, 6) is -0.00419. The Bertz CT molecular complexity index is 1700. The fourth-order valence-electron chi connectivity index (χ4n) is 5.01. The van der Waals surface area contributed by atoms with Crippen LogP contribution in [-0.4, -0.2) is 63.5 Å². The van der Waals surface area contributed by atoms with Crippen LogP contribution in [0, 0.1) is 5.92 Å². The van der Waals surface area contributed by atoms with E-state index < -0.39 is 5.91 Å². The van der Waals surface area contributed by atoms with Crippen LogP contribution in [-0.2, 0) is 17.8 Å². The number of carbonyl (C=O) groups excluding carboxylic acids is 3. The van der Waals surface area contributed by atoms with Gasteiger partial charge < -0.3 is 25.6 Å². The fourth-order valence-corrected chi connectivity index (χ4v) is 5.01. The zero-order valence-corrected chi connectivity index (χ0v) is 23.8. The Morgan fingerprint density at radius 1 is 1.00 bits per heavy atom. The summed E-state index contributed by atoms with van der Waals surface area (Å²) < 4.78 is 5.79. The van der Waals surface area contributed by atoms with Gasteiger partial charge in [-0.25, -0.2) is 0 Å². The van der Waals surface area contributed by atoms with Crippen LogP contribution in [0.3, 0.4) is 0 Å². The molecule has 12 nitrogen and oxygen atoms in total. The summed E-state index contributed by atoms with van der Waals surface area (Å²) in [5.41, 5.74) is 4.83. The van der Waals surface area contributed by atoms with Crippen molar-refractivity contribution in [3.05, 3.63) is 83.6 Å². The molecule has 0 spiro atoms. The number of para-hydroxylation sites is 1. The predicted molar refractivity (Wildman–Crippen MR) is 159 cm³/mol. The first-order chi connectivity index (χ1) is 20.9. The van der Waals surface area contributed by atoms with Crippen LogP contribution >= 0.6 is 0 Å². The number of fused-ring (bicyclic) bond motifs is 1. The van der Waals surface area contributed by atoms with Crippen molar-refractivity contribution in [3.63, 3.8) is 0 Å². The molecule has 43 heavy (non-hydrogen) atoms. The second-order valence-corrected chi connectivity index (χ2v) is 10.4. The number of carbonyl (C=O) groups is 3. The molecule has 1 saturated carbocycles. The van der Waals surface area contributed by atoms with Crippen molar-refractivity contribution < 1.29 is 19.1 Å². The largest absolute Gasteiger partial charge is 0.494 e. The highest BCUT2D eigenvalue weighted by Gasteiger charge is 2.30. The summed E-state index contributed by atoms with van der Waals surface area (Å²) in [6.07, 6.45) is 5.83. The van der Waals surface area contributed by atoms with Gasteiger partial charge in [0.05, 0.1) is 30.7 Å². The summed E-state index contributed by atoms with van der Waals surface area (Å²) in [5, 5.41) is 16.6. The second kappa shape index (κ2) is 11.8. The summed E-state index contributed by atoms with van der Waals surface area (Å²) in [6.45, 7) is 1.06. The predicted octanol–water partition coefficient (Wildman–Crippen LogP) is 3.59. The van der Waals surface area contributed by atoms with E-state index >= 15 is 0 Å². The van der Waals surface area contributed by atoms with Crippen molar-refractivity contribution in [2.24, 2.45) is 5.92 Å². The van der Waals surface area contributed by atoms with E-state index in [2.05, 4.69) is 36.1 Å². The summed E-state index contributed by atoms with van der Waals surface area (Å²) in [6, 6.07) is 14.6. The van der Waals surface area contributed by atoms with Crippen LogP contribution in [0.25, 0.3) is 11.1 Å². The van der Waals surface area contributed by atoms with Gasteiger partial charge >= 0.3 is 0 Å². The number of ether oxygens (including phenoxy) is 1. The third kappa shape index (κ3) is 5.85. The van der Waals surface area contributed by atoms with E-state index in [4.69, 9.17) is 4.74 Å². The van der Waals surface area contributed by atoms with E-state index in [9.17, 15) is 14.4 Å². The quantitative estimate of drug-likeness (QED) is 0.285. The molecule has 0 saturated heterocycles. The SMILES string of the molecule is CNC(=O)c1nnc(NC(=O)C2CC2)cc1Nc1cccc(-c2ccc(C(=O)N3CCc4cccnc4C3)nc2)c1OC. The summed E-state index contributed by atoms with van der Waals surface area (Å²) in [7, 11) is 3.05. The molecule has 0 atom stereocenters. The van der Waals surface area contributed by atoms with Gasteiger partial charge in [0.15, 0.2) is 11.5 Å². The first-order valence-corrected chi connectivity index (χ1v) is 14.0. The van der Waals surface area contributed by atoms with E-state index in [1.807, 2.05) is 30.3 Å². The van der Waals surface area contributed by atoms with Crippen molar-refractivity contribution in [1.82, 2.24) is 30.4 Å². The highest BCUT2D eigenvalue weighted by atomic mass is 16.5. The molecule has 1 aliphatic heterocycles. The number of pyridine rings is 2. The summed E-state index contributed by atoms with van der Waals surface area (Å²) in [4.78, 5) is 48.7. The Morgan fingerprint density at radius 3 is 2.60 bits per heavy atom. The molecule has 1 aliphatic carbocycles. The van der Waals surface area contributed by atoms with Gasteiger partial charge in [-0.15, -0.1) is 10.2 Å². The molecule has 4 heterocycles. The number of rotatable bonds is 8. The van der Waals surface area contributed by atoms with E-state index in [0.717, 1.165) is 36.1 Å². The van der Waals surface area contributed by atoms with Gasteiger partial charge in [0.2, 0.25) is 5.91 Å². The van der Waals surface area contributed by atoms with E-state index in [0.29, 0.717) is 35.9 Å². The minimum atomic E-state index is -0.442. The van der Waals surface area contributed by atoms with E-state index in [1.165, 1.54) is 12.6 Å². The van der Waals surface area contributed by atoms with Crippen LogP contribution in [0.1, 0.15) is 45.1 Å². The average Bonchev–Trinajstić information content (AvgIpc) is 3.90. The van der Waals surface area contributed by atoms with Crippen LogP contribution in [0.15, 0.2) is 60.9 Å². The second-order valence-electron chi connectivity index (χ2n) is 10.4. The van der Waals surface area contributed by atoms with Gasteiger partial charge in [-0.3, -0.25) is 24.4 Å². The van der Waals surface area contributed by atoms with Crippen LogP contribution < -0.4 is 20.7 Å². The van der Waals surface area contributed by atoms with Gasteiger partial charge in [-0.1, -0.05) is 24.3 Å². The number of nitrogens with zero attached hydrogens (tertiary/aromatic N) is 5. The number of amides is 3. The number of aromatic nitrogens is 4. The monoisotopic (exact) mass is 578 g/mol. The minimum Gasteiger partial charge on any atom is -0.494 e. The van der Waals surface area contributed by atoms with Crippen molar-refractivity contribution >= 4 is 34.9 Å². The molecule has 218 valence electrons. The van der Waals surface area contributed by atoms with Gasteiger partial charge in [0.1, 0.15) is 11.4 Å². The van der Waals surface area contributed by atoms with E-state index in [1.54, 1.807) is 42.6 Å². The Kier molecular flexibility index (Phi) is 7.65. The van der Waals surface area contributed by atoms with Crippen molar-refractivity contribution in [2.75, 3.05) is 31.3 Å². The zero-order chi connectivity index (χ0) is 29.9. The van der Waals surface area contributed by atoms with Gasteiger partial charge in [0, 0.05) is 49.1 Å². The Hall–Kier alpha value is -5.39. The number of anilines is 3. The lowest BCUT2D eigenvalue weighted by molar-refractivity contribution is -0.117. The standard InChI is InChI=1S/C31H30N8O4/c1-32-30(41)27-24(15-26(37-38-27)36-29(40)19-8-9-19)35-22-7-3-6-21(28(22)43-2)20-10-11-23(34-16-20)31(42)39-14-12-18-5-4-13-33-25(18)17-39/h3-7,10-11,13,15-16,19H,8-9,12,14,17H2,1-2H3,(H,32,41)(H2,35,36,37,40). The molecule has 1 fully saturated rings. The molecule has 6 rings (SSSR count).